The minimum absolute atomic E-state index is 0.161. The number of nitrogen functional groups attached to an aromatic ring is 1. The second-order valence-electron chi connectivity index (χ2n) is 8.36. The van der Waals surface area contributed by atoms with Gasteiger partial charge in [-0.15, -0.1) is 23.1 Å². The van der Waals surface area contributed by atoms with Gasteiger partial charge < -0.3 is 35.8 Å². The quantitative estimate of drug-likeness (QED) is 0.111. The summed E-state index contributed by atoms with van der Waals surface area (Å²) in [5.41, 5.74) is 6.99. The van der Waals surface area contributed by atoms with Crippen LogP contribution in [0.5, 0.6) is 11.5 Å². The molecule has 1 aromatic carbocycles. The normalized spacial score (nSPS) is 19.4. The van der Waals surface area contributed by atoms with Crippen molar-refractivity contribution >= 4 is 62.8 Å². The van der Waals surface area contributed by atoms with Crippen LogP contribution in [0.4, 0.5) is 5.13 Å². The average molecular weight is 572 g/mol. The molecule has 0 bridgehead atoms. The minimum Gasteiger partial charge on any atom is -0.504 e. The number of carbonyl (C=O) groups excluding carboxylic acids is 2. The first-order valence-electron chi connectivity index (χ1n) is 11.3. The Bertz CT molecular complexity index is 1590. The number of phenolic OH excluding ortho intramolecular Hbond substituents is 2. The van der Waals surface area contributed by atoms with Crippen molar-refractivity contribution in [3.05, 3.63) is 53.0 Å². The summed E-state index contributed by atoms with van der Waals surface area (Å²) in [6, 6.07) is 1.75. The van der Waals surface area contributed by atoms with E-state index in [1.54, 1.807) is 16.7 Å². The first-order valence-corrected chi connectivity index (χ1v) is 13.2. The number of benzene rings is 1. The fraction of sp³-hybridized carbons (Fsp3) is 0.217. The summed E-state index contributed by atoms with van der Waals surface area (Å²) in [6.07, 6.45) is 4.86. The van der Waals surface area contributed by atoms with Crippen molar-refractivity contribution in [2.75, 3.05) is 18.6 Å². The Labute approximate surface area is 228 Å². The monoisotopic (exact) mass is 571 g/mol. The van der Waals surface area contributed by atoms with E-state index in [4.69, 9.17) is 10.6 Å². The van der Waals surface area contributed by atoms with Crippen molar-refractivity contribution < 1.29 is 34.5 Å². The summed E-state index contributed by atoms with van der Waals surface area (Å²) in [5, 5.41) is 36.8. The Balaban J connectivity index is 1.32. The summed E-state index contributed by atoms with van der Waals surface area (Å²) in [7, 11) is 1.26. The lowest BCUT2D eigenvalue weighted by atomic mass is 10.0. The van der Waals surface area contributed by atoms with E-state index >= 15 is 0 Å². The number of rotatable bonds is 8. The molecule has 1 unspecified atom stereocenters. The lowest BCUT2D eigenvalue weighted by Gasteiger charge is -2.49. The number of carboxylic acids is 1. The third-order valence-electron chi connectivity index (χ3n) is 5.99. The number of anilines is 1. The first-order chi connectivity index (χ1) is 18.7. The number of allylic oxidation sites excluding steroid dienone is 2. The van der Waals surface area contributed by atoms with Gasteiger partial charge in [0.15, 0.2) is 22.3 Å². The number of aromatic nitrogens is 3. The second kappa shape index (κ2) is 10.3. The van der Waals surface area contributed by atoms with Crippen molar-refractivity contribution in [2.24, 2.45) is 5.16 Å². The number of fused-ring (bicyclic) bond motifs is 2. The fourth-order valence-electron chi connectivity index (χ4n) is 4.21. The fourth-order valence-corrected chi connectivity index (χ4v) is 6.08. The Morgan fingerprint density at radius 2 is 2.10 bits per heavy atom. The van der Waals surface area contributed by atoms with Gasteiger partial charge in [-0.05, 0) is 5.57 Å². The minimum atomic E-state index is -1.27. The molecule has 0 spiro atoms. The molecule has 2 amide bonds. The predicted molar refractivity (Wildman–Crippen MR) is 142 cm³/mol. The Morgan fingerprint density at radius 1 is 1.33 bits per heavy atom. The number of nitrogens with one attached hydrogen (secondary N) is 1. The molecule has 14 nitrogen and oxygen atoms in total. The molecular weight excluding hydrogens is 550 g/mol. The lowest BCUT2D eigenvalue weighted by molar-refractivity contribution is -0.150. The van der Waals surface area contributed by atoms with Crippen LogP contribution in [-0.2, 0) is 25.8 Å². The van der Waals surface area contributed by atoms with Crippen LogP contribution in [0, 0.1) is 0 Å². The zero-order valence-electron chi connectivity index (χ0n) is 20.1. The third-order valence-corrected chi connectivity index (χ3v) is 7.96. The number of nitrogens with two attached hydrogens (primary N) is 1. The maximum Gasteiger partial charge on any atom is 0.352 e. The van der Waals surface area contributed by atoms with Crippen LogP contribution in [-0.4, -0.2) is 82.5 Å². The predicted octanol–water partition coefficient (Wildman–Crippen LogP) is 0.832. The van der Waals surface area contributed by atoms with Crippen LogP contribution in [0.1, 0.15) is 5.69 Å². The van der Waals surface area contributed by atoms with Crippen LogP contribution >= 0.6 is 23.1 Å². The molecule has 202 valence electrons. The number of imidazole rings is 1. The van der Waals surface area contributed by atoms with Gasteiger partial charge in [0.05, 0.1) is 17.4 Å². The molecular formula is C23H21N7O7S2. The number of amides is 2. The van der Waals surface area contributed by atoms with Crippen molar-refractivity contribution in [1.82, 2.24) is 24.8 Å². The maximum absolute atomic E-state index is 13.0. The summed E-state index contributed by atoms with van der Waals surface area (Å²) < 4.78 is 1.71. The van der Waals surface area contributed by atoms with Gasteiger partial charge in [0.25, 0.3) is 11.8 Å². The summed E-state index contributed by atoms with van der Waals surface area (Å²) in [5.74, 6) is -2.84. The van der Waals surface area contributed by atoms with E-state index in [-0.39, 0.29) is 39.5 Å². The molecule has 0 aliphatic carbocycles. The number of carbonyl (C=O) groups is 3. The summed E-state index contributed by atoms with van der Waals surface area (Å²) in [6.45, 7) is 0.292. The smallest absolute Gasteiger partial charge is 0.352 e. The number of hydrogen-bond donors (Lipinski definition) is 5. The number of thiazole rings is 1. The molecule has 0 saturated carbocycles. The van der Waals surface area contributed by atoms with Crippen LogP contribution in [0.3, 0.4) is 0 Å². The molecule has 6 N–H and O–H groups in total. The topological polar surface area (TPSA) is 205 Å². The highest BCUT2D eigenvalue weighted by atomic mass is 32.2. The van der Waals surface area contributed by atoms with E-state index in [0.29, 0.717) is 23.2 Å². The Kier molecular flexibility index (Phi) is 6.88. The maximum atomic E-state index is 13.0. The van der Waals surface area contributed by atoms with E-state index in [9.17, 15) is 29.7 Å². The van der Waals surface area contributed by atoms with Gasteiger partial charge in [-0.1, -0.05) is 17.3 Å². The molecule has 1 saturated heterocycles. The van der Waals surface area contributed by atoms with Gasteiger partial charge >= 0.3 is 5.97 Å². The van der Waals surface area contributed by atoms with Gasteiger partial charge in [-0.3, -0.25) is 14.5 Å². The highest BCUT2D eigenvalue weighted by Gasteiger charge is 2.54. The van der Waals surface area contributed by atoms with Gasteiger partial charge in [-0.2, -0.15) is 0 Å². The van der Waals surface area contributed by atoms with E-state index in [1.165, 1.54) is 42.7 Å². The van der Waals surface area contributed by atoms with E-state index < -0.39 is 29.2 Å². The number of β-lactam (4-membered cyclic amide) rings is 1. The summed E-state index contributed by atoms with van der Waals surface area (Å²) in [4.78, 5) is 52.1. The van der Waals surface area contributed by atoms with E-state index in [2.05, 4.69) is 20.4 Å². The Hall–Kier alpha value is -4.57. The number of phenols is 2. The molecule has 2 aliphatic heterocycles. The van der Waals surface area contributed by atoms with Gasteiger partial charge in [0.2, 0.25) is 0 Å². The van der Waals surface area contributed by atoms with Crippen LogP contribution < -0.4 is 11.1 Å². The summed E-state index contributed by atoms with van der Waals surface area (Å²) >= 11 is 2.42. The lowest BCUT2D eigenvalue weighted by Crippen LogP contribution is -2.71. The molecule has 3 aromatic rings. The Morgan fingerprint density at radius 3 is 2.79 bits per heavy atom. The number of thioether (sulfide) groups is 1. The number of aliphatic carboxylic acids is 1. The third kappa shape index (κ3) is 4.74. The van der Waals surface area contributed by atoms with Crippen molar-refractivity contribution in [2.45, 2.75) is 18.0 Å². The molecule has 39 heavy (non-hydrogen) atoms. The molecule has 4 heterocycles. The van der Waals surface area contributed by atoms with Gasteiger partial charge in [0, 0.05) is 29.8 Å². The van der Waals surface area contributed by atoms with Crippen LogP contribution in [0.25, 0.3) is 11.0 Å². The number of hydrogen-bond acceptors (Lipinski definition) is 12. The second-order valence-corrected chi connectivity index (χ2v) is 10.4. The van der Waals surface area contributed by atoms with Crippen molar-refractivity contribution in [1.29, 1.82) is 0 Å². The molecule has 2 aromatic heterocycles. The van der Waals surface area contributed by atoms with Crippen LogP contribution in [0.2, 0.25) is 0 Å². The highest BCUT2D eigenvalue weighted by Crippen LogP contribution is 2.40. The molecule has 2 aliphatic rings. The van der Waals surface area contributed by atoms with Crippen LogP contribution in [0.15, 0.2) is 52.4 Å². The number of oxime groups is 1. The molecule has 5 rings (SSSR count). The number of nitrogens with zero attached hydrogens (tertiary/aromatic N) is 5. The molecule has 1 fully saturated rings. The van der Waals surface area contributed by atoms with E-state index in [1.807, 2.05) is 0 Å². The molecule has 0 radical (unpaired) electrons. The number of carboxylic acid groups (broad SMARTS) is 1. The standard InChI is InChI=1S/C23H21N7O7S2/c1-37-28-16(12-8-39-23(24)26-12)19(33)27-17-20(34)30-18(22(35)36)10(7-38-21(17)30)3-2-4-29-9-25-11-5-14(31)15(32)6-13(11)29/h2-3,5-6,8-9,17,21,31-32H,4,7H2,1H3,(H2,24,26)(H,27,33)(H,35,36)/b3-2+,28-16+/t17?,21-/m1/s1. The zero-order chi connectivity index (χ0) is 27.8. The SMILES string of the molecule is CO/N=C(/C(=O)NC1C(=O)N2C(C(=O)O)=C(/C=C/Cn3cnc4cc(O)c(O)cc43)CS[C@H]12)c1csc(N)n1. The van der Waals surface area contributed by atoms with Crippen molar-refractivity contribution in [3.8, 4) is 11.5 Å². The zero-order valence-corrected chi connectivity index (χ0v) is 21.8. The van der Waals surface area contributed by atoms with E-state index in [0.717, 1.165) is 16.2 Å². The number of aromatic hydroxyl groups is 2. The van der Waals surface area contributed by atoms with Crippen molar-refractivity contribution in [3.63, 3.8) is 0 Å². The largest absolute Gasteiger partial charge is 0.504 e. The van der Waals surface area contributed by atoms with Gasteiger partial charge in [-0.25, -0.2) is 14.8 Å². The molecule has 2 atom stereocenters. The average Bonchev–Trinajstić information content (AvgIpc) is 3.51. The highest BCUT2D eigenvalue weighted by molar-refractivity contribution is 8.00. The van der Waals surface area contributed by atoms with Gasteiger partial charge in [0.1, 0.15) is 29.9 Å². The molecule has 16 heteroatoms. The first kappa shape index (κ1) is 26.1.